The maximum atomic E-state index is 13.3. The minimum Gasteiger partial charge on any atom is -0.339 e. The van der Waals surface area contributed by atoms with E-state index in [1.165, 1.54) is 23.5 Å². The van der Waals surface area contributed by atoms with Crippen molar-refractivity contribution in [2.45, 2.75) is 25.8 Å². The van der Waals surface area contributed by atoms with Crippen molar-refractivity contribution in [3.05, 3.63) is 71.6 Å². The third kappa shape index (κ3) is 4.26. The highest BCUT2D eigenvalue weighted by Crippen LogP contribution is 2.27. The fourth-order valence-electron chi connectivity index (χ4n) is 3.85. The minimum absolute atomic E-state index is 0.00173. The molecule has 1 aromatic carbocycles. The second-order valence-electron chi connectivity index (χ2n) is 7.31. The van der Waals surface area contributed by atoms with Crippen molar-refractivity contribution in [1.29, 1.82) is 0 Å². The zero-order valence-electron chi connectivity index (χ0n) is 16.9. The zero-order chi connectivity index (χ0) is 20.9. The molecule has 0 aliphatic carbocycles. The van der Waals surface area contributed by atoms with Gasteiger partial charge in [-0.25, -0.2) is 4.98 Å². The Kier molecular flexibility index (Phi) is 6.18. The van der Waals surface area contributed by atoms with Gasteiger partial charge in [0.15, 0.2) is 0 Å². The minimum atomic E-state index is -0.543. The molecule has 2 amide bonds. The number of rotatable bonds is 6. The molecule has 0 saturated carbocycles. The number of thiophene rings is 1. The van der Waals surface area contributed by atoms with Gasteiger partial charge >= 0.3 is 0 Å². The molecular formula is C23H24N4O2S. The van der Waals surface area contributed by atoms with Crippen molar-refractivity contribution in [1.82, 2.24) is 19.8 Å². The fourth-order valence-corrected chi connectivity index (χ4v) is 4.57. The molecule has 0 bridgehead atoms. The van der Waals surface area contributed by atoms with Crippen molar-refractivity contribution in [2.75, 3.05) is 19.6 Å². The summed E-state index contributed by atoms with van der Waals surface area (Å²) in [5.74, 6) is -0.242. The van der Waals surface area contributed by atoms with Crippen LogP contribution in [-0.2, 0) is 11.2 Å². The van der Waals surface area contributed by atoms with Crippen LogP contribution in [0.3, 0.4) is 0 Å². The van der Waals surface area contributed by atoms with Gasteiger partial charge in [-0.05, 0) is 29.0 Å². The van der Waals surface area contributed by atoms with Crippen LogP contribution in [0.2, 0.25) is 0 Å². The van der Waals surface area contributed by atoms with Gasteiger partial charge in [-0.1, -0.05) is 37.3 Å². The number of nitrogens with zero attached hydrogens (tertiary/aromatic N) is 4. The van der Waals surface area contributed by atoms with E-state index >= 15 is 0 Å². The Morgan fingerprint density at radius 1 is 1.20 bits per heavy atom. The Bertz CT molecular complexity index is 1010. The lowest BCUT2D eigenvalue weighted by Gasteiger charge is -2.40. The third-order valence-corrected chi connectivity index (χ3v) is 6.20. The topological polar surface area (TPSA) is 66.4 Å². The lowest BCUT2D eigenvalue weighted by molar-refractivity contribution is -0.140. The fraction of sp³-hybridized carbons (Fsp3) is 0.304. The van der Waals surface area contributed by atoms with Crippen molar-refractivity contribution in [3.63, 3.8) is 0 Å². The van der Waals surface area contributed by atoms with Crippen LogP contribution >= 0.6 is 11.3 Å². The molecule has 0 N–H and O–H groups in total. The molecule has 1 aliphatic rings. The largest absolute Gasteiger partial charge is 0.339 e. The molecule has 0 spiro atoms. The summed E-state index contributed by atoms with van der Waals surface area (Å²) < 4.78 is 0. The second-order valence-corrected chi connectivity index (χ2v) is 8.26. The Labute approximate surface area is 180 Å². The predicted molar refractivity (Wildman–Crippen MR) is 117 cm³/mol. The molecule has 0 radical (unpaired) electrons. The van der Waals surface area contributed by atoms with E-state index in [1.807, 2.05) is 23.1 Å². The lowest BCUT2D eigenvalue weighted by atomic mass is 9.98. The first kappa shape index (κ1) is 20.2. The number of amides is 2. The number of hydrogen-bond donors (Lipinski definition) is 0. The van der Waals surface area contributed by atoms with E-state index in [-0.39, 0.29) is 17.5 Å². The Balaban J connectivity index is 1.62. The van der Waals surface area contributed by atoms with Gasteiger partial charge in [0, 0.05) is 43.3 Å². The molecule has 154 valence electrons. The van der Waals surface area contributed by atoms with Gasteiger partial charge < -0.3 is 9.80 Å². The molecule has 1 aliphatic heterocycles. The van der Waals surface area contributed by atoms with Crippen LogP contribution in [-0.4, -0.2) is 57.3 Å². The van der Waals surface area contributed by atoms with Crippen LogP contribution in [0.1, 0.15) is 29.4 Å². The smallest absolute Gasteiger partial charge is 0.274 e. The first-order valence-electron chi connectivity index (χ1n) is 10.2. The molecule has 2 aromatic heterocycles. The summed E-state index contributed by atoms with van der Waals surface area (Å²) in [6.07, 6.45) is 5.87. The van der Waals surface area contributed by atoms with Gasteiger partial charge in [0.1, 0.15) is 11.7 Å². The number of aromatic nitrogens is 2. The van der Waals surface area contributed by atoms with E-state index in [1.54, 1.807) is 16.2 Å². The van der Waals surface area contributed by atoms with E-state index in [0.29, 0.717) is 26.1 Å². The Hall–Kier alpha value is -3.06. The lowest BCUT2D eigenvalue weighted by Crippen LogP contribution is -2.59. The molecule has 7 heteroatoms. The quantitative estimate of drug-likeness (QED) is 0.612. The highest BCUT2D eigenvalue weighted by molar-refractivity contribution is 7.13. The molecule has 1 saturated heterocycles. The maximum Gasteiger partial charge on any atom is 0.274 e. The van der Waals surface area contributed by atoms with Crippen molar-refractivity contribution < 1.29 is 9.59 Å². The number of carbonyl (C=O) groups excluding carboxylic acids is 2. The van der Waals surface area contributed by atoms with E-state index in [2.05, 4.69) is 40.5 Å². The number of carbonyl (C=O) groups is 2. The molecule has 4 rings (SSSR count). The standard InChI is InChI=1S/C23H24N4O2S/c1-2-10-26-11-12-27(22(28)19-16-24-8-9-25-19)20(23(26)29)15-17-5-3-6-18(14-17)21-7-4-13-30-21/h3-9,13-14,16,20H,2,10-12,15H2,1H3/t20-/m0/s1. The predicted octanol–water partition coefficient (Wildman–Crippen LogP) is 3.51. The van der Waals surface area contributed by atoms with Crippen LogP contribution in [0.15, 0.2) is 60.4 Å². The van der Waals surface area contributed by atoms with E-state index in [9.17, 15) is 9.59 Å². The molecule has 3 aromatic rings. The summed E-state index contributed by atoms with van der Waals surface area (Å²) in [6.45, 7) is 3.81. The molecular weight excluding hydrogens is 396 g/mol. The molecule has 6 nitrogen and oxygen atoms in total. The van der Waals surface area contributed by atoms with Crippen LogP contribution in [0.4, 0.5) is 0 Å². The van der Waals surface area contributed by atoms with Crippen molar-refractivity contribution >= 4 is 23.2 Å². The Morgan fingerprint density at radius 2 is 2.10 bits per heavy atom. The van der Waals surface area contributed by atoms with Crippen LogP contribution in [0, 0.1) is 0 Å². The maximum absolute atomic E-state index is 13.3. The van der Waals surface area contributed by atoms with Gasteiger partial charge in [0.2, 0.25) is 5.91 Å². The average Bonchev–Trinajstić information content (AvgIpc) is 3.32. The van der Waals surface area contributed by atoms with Gasteiger partial charge in [-0.3, -0.25) is 14.6 Å². The Morgan fingerprint density at radius 3 is 2.83 bits per heavy atom. The first-order chi connectivity index (χ1) is 14.7. The van der Waals surface area contributed by atoms with E-state index < -0.39 is 6.04 Å². The van der Waals surface area contributed by atoms with Crippen LogP contribution in [0.5, 0.6) is 0 Å². The van der Waals surface area contributed by atoms with Gasteiger partial charge in [-0.15, -0.1) is 11.3 Å². The summed E-state index contributed by atoms with van der Waals surface area (Å²) >= 11 is 1.69. The highest BCUT2D eigenvalue weighted by atomic mass is 32.1. The SMILES string of the molecule is CCCN1CCN(C(=O)c2cnccn2)[C@@H](Cc2cccc(-c3cccs3)c2)C1=O. The summed E-state index contributed by atoms with van der Waals surface area (Å²) in [5, 5.41) is 2.05. The molecule has 0 unspecified atom stereocenters. The van der Waals surface area contributed by atoms with Gasteiger partial charge in [0.05, 0.1) is 6.20 Å². The second kappa shape index (κ2) is 9.17. The monoisotopic (exact) mass is 420 g/mol. The van der Waals surface area contributed by atoms with Crippen molar-refractivity contribution in [3.8, 4) is 10.4 Å². The molecule has 1 atom stereocenters. The molecule has 30 heavy (non-hydrogen) atoms. The van der Waals surface area contributed by atoms with Crippen LogP contribution in [0.25, 0.3) is 10.4 Å². The first-order valence-corrected chi connectivity index (χ1v) is 11.0. The molecule has 1 fully saturated rings. The van der Waals surface area contributed by atoms with E-state index in [4.69, 9.17) is 0 Å². The third-order valence-electron chi connectivity index (χ3n) is 5.28. The number of hydrogen-bond acceptors (Lipinski definition) is 5. The summed E-state index contributed by atoms with van der Waals surface area (Å²) in [6, 6.07) is 11.8. The number of benzene rings is 1. The average molecular weight is 421 g/mol. The molecule has 3 heterocycles. The van der Waals surface area contributed by atoms with Crippen LogP contribution < -0.4 is 0 Å². The summed E-state index contributed by atoms with van der Waals surface area (Å²) in [4.78, 5) is 39.3. The highest BCUT2D eigenvalue weighted by Gasteiger charge is 2.37. The van der Waals surface area contributed by atoms with Crippen molar-refractivity contribution in [2.24, 2.45) is 0 Å². The summed E-state index contributed by atoms with van der Waals surface area (Å²) in [5.41, 5.74) is 2.43. The number of piperazine rings is 1. The van der Waals surface area contributed by atoms with Gasteiger partial charge in [-0.2, -0.15) is 0 Å². The summed E-state index contributed by atoms with van der Waals surface area (Å²) in [7, 11) is 0. The van der Waals surface area contributed by atoms with E-state index in [0.717, 1.165) is 17.5 Å². The van der Waals surface area contributed by atoms with Gasteiger partial charge in [0.25, 0.3) is 5.91 Å². The normalized spacial score (nSPS) is 16.7. The zero-order valence-corrected chi connectivity index (χ0v) is 17.7.